The van der Waals surface area contributed by atoms with Crippen LogP contribution in [-0.4, -0.2) is 26.8 Å². The largest absolute Gasteiger partial charge is 0.337 e. The normalized spacial score (nSPS) is 15.8. The lowest BCUT2D eigenvalue weighted by Crippen LogP contribution is -2.49. The van der Waals surface area contributed by atoms with Crippen molar-refractivity contribution in [2.24, 2.45) is 0 Å². The van der Waals surface area contributed by atoms with Gasteiger partial charge in [-0.2, -0.15) is 5.26 Å². The van der Waals surface area contributed by atoms with Gasteiger partial charge in [0, 0.05) is 6.54 Å². The van der Waals surface area contributed by atoms with Crippen LogP contribution in [0.2, 0.25) is 0 Å². The quantitative estimate of drug-likeness (QED) is 0.471. The molecule has 140 valence electrons. The van der Waals surface area contributed by atoms with Gasteiger partial charge >= 0.3 is 0 Å². The molecule has 0 bridgehead atoms. The lowest BCUT2D eigenvalue weighted by molar-refractivity contribution is -0.120. The van der Waals surface area contributed by atoms with Crippen LogP contribution in [0.5, 0.6) is 0 Å². The Bertz CT molecular complexity index is 955. The Balaban J connectivity index is 1.79. The Labute approximate surface area is 162 Å². The van der Waals surface area contributed by atoms with Gasteiger partial charge in [0.15, 0.2) is 5.16 Å². The predicted molar refractivity (Wildman–Crippen MR) is 106 cm³/mol. The van der Waals surface area contributed by atoms with Gasteiger partial charge in [0.25, 0.3) is 5.56 Å². The SMILES string of the molecule is C=CCn1c(SCC(=O)NC2(C#N)CCCCC2)nc2ccccc2c1=O. The fourth-order valence-electron chi connectivity index (χ4n) is 3.40. The maximum atomic E-state index is 12.7. The molecular weight excluding hydrogens is 360 g/mol. The van der Waals surface area contributed by atoms with E-state index in [1.165, 1.54) is 16.3 Å². The first-order chi connectivity index (χ1) is 13.1. The highest BCUT2D eigenvalue weighted by Crippen LogP contribution is 2.28. The second kappa shape index (κ2) is 8.40. The number of carbonyl (C=O) groups is 1. The molecule has 1 aromatic carbocycles. The number of nitrogens with zero attached hydrogens (tertiary/aromatic N) is 3. The number of allylic oxidation sites excluding steroid dienone is 1. The zero-order valence-electron chi connectivity index (χ0n) is 15.1. The summed E-state index contributed by atoms with van der Waals surface area (Å²) in [6.07, 6.45) is 6.01. The lowest BCUT2D eigenvalue weighted by atomic mass is 9.83. The molecule has 1 fully saturated rings. The van der Waals surface area contributed by atoms with Crippen LogP contribution in [0.4, 0.5) is 0 Å². The summed E-state index contributed by atoms with van der Waals surface area (Å²) in [6, 6.07) is 9.44. The number of rotatable bonds is 6. The maximum Gasteiger partial charge on any atom is 0.262 e. The molecular formula is C20H22N4O2S. The molecule has 27 heavy (non-hydrogen) atoms. The molecule has 1 saturated carbocycles. The Morgan fingerprint density at radius 3 is 2.81 bits per heavy atom. The number of amides is 1. The Morgan fingerprint density at radius 2 is 2.11 bits per heavy atom. The highest BCUT2D eigenvalue weighted by Gasteiger charge is 2.33. The van der Waals surface area contributed by atoms with E-state index < -0.39 is 5.54 Å². The van der Waals surface area contributed by atoms with Crippen LogP contribution in [0.1, 0.15) is 32.1 Å². The molecule has 0 spiro atoms. The zero-order valence-corrected chi connectivity index (χ0v) is 15.9. The number of para-hydroxylation sites is 1. The van der Waals surface area contributed by atoms with Crippen molar-refractivity contribution in [1.29, 1.82) is 5.26 Å². The van der Waals surface area contributed by atoms with Gasteiger partial charge in [0.1, 0.15) is 5.54 Å². The van der Waals surface area contributed by atoms with Gasteiger partial charge in [-0.1, -0.05) is 49.2 Å². The third-order valence-electron chi connectivity index (χ3n) is 4.77. The lowest BCUT2D eigenvalue weighted by Gasteiger charge is -2.31. The zero-order chi connectivity index (χ0) is 19.3. The monoisotopic (exact) mass is 382 g/mol. The molecule has 0 atom stereocenters. The molecule has 0 saturated heterocycles. The van der Waals surface area contributed by atoms with Crippen molar-refractivity contribution in [3.05, 3.63) is 47.3 Å². The number of thioether (sulfide) groups is 1. The summed E-state index contributed by atoms with van der Waals surface area (Å²) in [6.45, 7) is 4.02. The van der Waals surface area contributed by atoms with E-state index in [0.717, 1.165) is 19.3 Å². The molecule has 0 unspecified atom stereocenters. The first-order valence-corrected chi connectivity index (χ1v) is 10.0. The van der Waals surface area contributed by atoms with Crippen LogP contribution in [0.25, 0.3) is 10.9 Å². The predicted octanol–water partition coefficient (Wildman–Crippen LogP) is 3.02. The van der Waals surface area contributed by atoms with Crippen LogP contribution in [0.15, 0.2) is 46.9 Å². The summed E-state index contributed by atoms with van der Waals surface area (Å²) in [5, 5.41) is 13.4. The van der Waals surface area contributed by atoms with E-state index in [1.807, 2.05) is 6.07 Å². The number of nitrogens with one attached hydrogen (secondary N) is 1. The summed E-state index contributed by atoms with van der Waals surface area (Å²) in [7, 11) is 0. The van der Waals surface area contributed by atoms with Crippen molar-refractivity contribution in [2.75, 3.05) is 5.75 Å². The van der Waals surface area contributed by atoms with Crippen LogP contribution in [0.3, 0.4) is 0 Å². The van der Waals surface area contributed by atoms with Gasteiger partial charge in [-0.15, -0.1) is 6.58 Å². The fourth-order valence-corrected chi connectivity index (χ4v) is 4.21. The topological polar surface area (TPSA) is 87.8 Å². The molecule has 6 nitrogen and oxygen atoms in total. The van der Waals surface area contributed by atoms with Gasteiger partial charge < -0.3 is 5.32 Å². The smallest absolute Gasteiger partial charge is 0.262 e. The van der Waals surface area contributed by atoms with Crippen molar-refractivity contribution in [3.63, 3.8) is 0 Å². The number of benzene rings is 1. The molecule has 1 N–H and O–H groups in total. The highest BCUT2D eigenvalue weighted by molar-refractivity contribution is 7.99. The minimum absolute atomic E-state index is 0.103. The molecule has 0 aliphatic heterocycles. The van der Waals surface area contributed by atoms with Crippen molar-refractivity contribution in [3.8, 4) is 6.07 Å². The number of aromatic nitrogens is 2. The summed E-state index contributed by atoms with van der Waals surface area (Å²) in [5.41, 5.74) is -0.302. The summed E-state index contributed by atoms with van der Waals surface area (Å²) >= 11 is 1.20. The molecule has 1 aliphatic carbocycles. The molecule has 1 heterocycles. The minimum atomic E-state index is -0.756. The van der Waals surface area contributed by atoms with Gasteiger partial charge in [-0.05, 0) is 25.0 Å². The van der Waals surface area contributed by atoms with E-state index in [9.17, 15) is 14.9 Å². The second-order valence-electron chi connectivity index (χ2n) is 6.71. The minimum Gasteiger partial charge on any atom is -0.337 e. The van der Waals surface area contributed by atoms with E-state index in [2.05, 4.69) is 22.9 Å². The van der Waals surface area contributed by atoms with E-state index in [0.29, 0.717) is 35.4 Å². The van der Waals surface area contributed by atoms with Crippen LogP contribution < -0.4 is 10.9 Å². The Morgan fingerprint density at radius 1 is 1.37 bits per heavy atom. The number of fused-ring (bicyclic) bond motifs is 1. The molecule has 7 heteroatoms. The average Bonchev–Trinajstić information content (AvgIpc) is 2.69. The van der Waals surface area contributed by atoms with E-state index in [-0.39, 0.29) is 17.2 Å². The van der Waals surface area contributed by atoms with Crippen molar-refractivity contribution in [2.45, 2.75) is 49.3 Å². The van der Waals surface area contributed by atoms with Crippen LogP contribution in [0, 0.1) is 11.3 Å². The highest BCUT2D eigenvalue weighted by atomic mass is 32.2. The number of nitriles is 1. The van der Waals surface area contributed by atoms with Gasteiger partial charge in [0.05, 0.1) is 22.7 Å². The van der Waals surface area contributed by atoms with Crippen molar-refractivity contribution >= 4 is 28.6 Å². The fraction of sp³-hybridized carbons (Fsp3) is 0.400. The van der Waals surface area contributed by atoms with Crippen molar-refractivity contribution in [1.82, 2.24) is 14.9 Å². The molecule has 1 aliphatic rings. The van der Waals surface area contributed by atoms with E-state index in [1.54, 1.807) is 24.3 Å². The van der Waals surface area contributed by atoms with E-state index >= 15 is 0 Å². The number of hydrogen-bond acceptors (Lipinski definition) is 5. The summed E-state index contributed by atoms with van der Waals surface area (Å²) in [4.78, 5) is 29.7. The van der Waals surface area contributed by atoms with Gasteiger partial charge in [0.2, 0.25) is 5.91 Å². The summed E-state index contributed by atoms with van der Waals surface area (Å²) in [5.74, 6) is -0.109. The molecule has 3 rings (SSSR count). The number of carbonyl (C=O) groups excluding carboxylic acids is 1. The number of hydrogen-bond donors (Lipinski definition) is 1. The Kier molecular flexibility index (Phi) is 5.97. The molecule has 0 radical (unpaired) electrons. The van der Waals surface area contributed by atoms with Crippen molar-refractivity contribution < 1.29 is 4.79 Å². The standard InChI is InChI=1S/C20H22N4O2S/c1-2-12-24-18(26)15-8-4-5-9-16(15)22-19(24)27-13-17(25)23-20(14-21)10-6-3-7-11-20/h2,4-5,8-9H,1,3,6-7,10-13H2,(H,23,25). The third kappa shape index (κ3) is 4.22. The van der Waals surface area contributed by atoms with Gasteiger partial charge in [-0.25, -0.2) is 4.98 Å². The molecule has 2 aromatic rings. The maximum absolute atomic E-state index is 12.7. The van der Waals surface area contributed by atoms with E-state index in [4.69, 9.17) is 0 Å². The first-order valence-electron chi connectivity index (χ1n) is 9.04. The van der Waals surface area contributed by atoms with Gasteiger partial charge in [-0.3, -0.25) is 14.2 Å². The van der Waals surface area contributed by atoms with Crippen LogP contribution >= 0.6 is 11.8 Å². The van der Waals surface area contributed by atoms with Crippen LogP contribution in [-0.2, 0) is 11.3 Å². The molecule has 1 aromatic heterocycles. The molecule has 1 amide bonds. The summed E-state index contributed by atoms with van der Waals surface area (Å²) < 4.78 is 1.52. The average molecular weight is 382 g/mol. The second-order valence-corrected chi connectivity index (χ2v) is 7.65. The Hall–Kier alpha value is -2.59. The third-order valence-corrected chi connectivity index (χ3v) is 5.75. The first kappa shape index (κ1) is 19.2.